The average Bonchev–Trinajstić information content (AvgIpc) is 3.27. The number of fused-ring (bicyclic) bond motifs is 2. The molecule has 2 aliphatic carbocycles. The number of aryl methyl sites for hydroxylation is 2. The number of amides is 1. The number of hydrogen-bond donors (Lipinski definition) is 1. The van der Waals surface area contributed by atoms with Crippen molar-refractivity contribution in [3.8, 4) is 0 Å². The molecule has 4 rings (SSSR count). The van der Waals surface area contributed by atoms with E-state index in [1.54, 1.807) is 0 Å². The monoisotopic (exact) mass is 385 g/mol. The summed E-state index contributed by atoms with van der Waals surface area (Å²) in [7, 11) is 0. The standard InChI is InChI=1S/C20H27N5OS/c1-6-25-11-13(12(2)24-25)9-15-17(26)21-18(27-15)23-22-16-10-14-7-8-20(16,5)19(14,3)4/h9,11,14H,6-8,10H2,1-5H3,(H,21,23,26)/b15-9+,22-16-/t14-,20+/m1/s1. The molecule has 144 valence electrons. The molecule has 0 radical (unpaired) electrons. The first kappa shape index (κ1) is 18.5. The highest BCUT2D eigenvalue weighted by atomic mass is 32.2. The zero-order chi connectivity index (χ0) is 19.4. The number of nitrogens with zero attached hydrogens (tertiary/aromatic N) is 4. The van der Waals surface area contributed by atoms with E-state index in [9.17, 15) is 4.79 Å². The third-order valence-corrected chi connectivity index (χ3v) is 7.92. The molecule has 1 aromatic heterocycles. The number of nitrogens with one attached hydrogen (secondary N) is 1. The van der Waals surface area contributed by atoms with Gasteiger partial charge in [0, 0.05) is 29.4 Å². The highest BCUT2D eigenvalue weighted by Gasteiger charge is 2.60. The van der Waals surface area contributed by atoms with Gasteiger partial charge in [-0.1, -0.05) is 20.8 Å². The summed E-state index contributed by atoms with van der Waals surface area (Å²) in [4.78, 5) is 12.9. The number of carbonyl (C=O) groups excluding carboxylic acids is 1. The van der Waals surface area contributed by atoms with Crippen molar-refractivity contribution in [3.05, 3.63) is 22.4 Å². The maximum absolute atomic E-state index is 12.3. The molecule has 3 fully saturated rings. The normalized spacial score (nSPS) is 33.6. The van der Waals surface area contributed by atoms with Gasteiger partial charge in [-0.3, -0.25) is 14.8 Å². The smallest absolute Gasteiger partial charge is 0.264 e. The van der Waals surface area contributed by atoms with Crippen LogP contribution in [0.25, 0.3) is 6.08 Å². The number of thioether (sulfide) groups is 1. The third-order valence-electron chi connectivity index (χ3n) is 7.02. The van der Waals surface area contributed by atoms with Gasteiger partial charge in [-0.05, 0) is 62.3 Å². The maximum atomic E-state index is 12.3. The van der Waals surface area contributed by atoms with E-state index in [2.05, 4.69) is 41.4 Å². The van der Waals surface area contributed by atoms with Crippen molar-refractivity contribution < 1.29 is 4.79 Å². The van der Waals surface area contributed by atoms with Crippen LogP contribution in [0.5, 0.6) is 0 Å². The van der Waals surface area contributed by atoms with Crippen LogP contribution < -0.4 is 5.32 Å². The summed E-state index contributed by atoms with van der Waals surface area (Å²) in [5, 5.41) is 16.8. The molecule has 1 saturated heterocycles. The van der Waals surface area contributed by atoms with Crippen LogP contribution in [0.15, 0.2) is 21.3 Å². The number of aromatic nitrogens is 2. The van der Waals surface area contributed by atoms with Crippen molar-refractivity contribution in [1.82, 2.24) is 15.1 Å². The van der Waals surface area contributed by atoms with Crippen LogP contribution in [0, 0.1) is 23.7 Å². The molecule has 0 spiro atoms. The summed E-state index contributed by atoms with van der Waals surface area (Å²) in [5.74, 6) is 0.572. The van der Waals surface area contributed by atoms with Crippen molar-refractivity contribution >= 4 is 34.6 Å². The zero-order valence-corrected chi connectivity index (χ0v) is 17.5. The molecule has 1 aliphatic heterocycles. The summed E-state index contributed by atoms with van der Waals surface area (Å²) in [6.07, 6.45) is 7.33. The fourth-order valence-electron chi connectivity index (χ4n) is 4.64. The second kappa shape index (κ2) is 6.33. The first-order valence-corrected chi connectivity index (χ1v) is 10.5. The molecule has 1 amide bonds. The van der Waals surface area contributed by atoms with Crippen molar-refractivity contribution in [2.24, 2.45) is 27.0 Å². The summed E-state index contributed by atoms with van der Waals surface area (Å²) < 4.78 is 1.87. The lowest BCUT2D eigenvalue weighted by Gasteiger charge is -2.34. The van der Waals surface area contributed by atoms with E-state index in [0.29, 0.717) is 16.0 Å². The highest BCUT2D eigenvalue weighted by Crippen LogP contribution is 2.64. The number of rotatable bonds is 3. The van der Waals surface area contributed by atoms with Gasteiger partial charge < -0.3 is 0 Å². The van der Waals surface area contributed by atoms with Crippen LogP contribution in [0.1, 0.15) is 58.2 Å². The largest absolute Gasteiger partial charge is 0.299 e. The Balaban J connectivity index is 1.54. The lowest BCUT2D eigenvalue weighted by molar-refractivity contribution is -0.115. The lowest BCUT2D eigenvalue weighted by Crippen LogP contribution is -2.32. The lowest BCUT2D eigenvalue weighted by atomic mass is 9.70. The Morgan fingerprint density at radius 1 is 1.41 bits per heavy atom. The summed E-state index contributed by atoms with van der Waals surface area (Å²) in [5.41, 5.74) is 3.47. The van der Waals surface area contributed by atoms with E-state index in [0.717, 1.165) is 24.2 Å². The van der Waals surface area contributed by atoms with Crippen LogP contribution in [-0.4, -0.2) is 26.6 Å². The average molecular weight is 386 g/mol. The molecule has 6 nitrogen and oxygen atoms in total. The van der Waals surface area contributed by atoms with Crippen LogP contribution in [0.2, 0.25) is 0 Å². The molecule has 1 N–H and O–H groups in total. The summed E-state index contributed by atoms with van der Waals surface area (Å²) in [6.45, 7) is 11.8. The molecule has 2 atom stereocenters. The predicted octanol–water partition coefficient (Wildman–Crippen LogP) is 3.97. The fraction of sp³-hybridized carbons (Fsp3) is 0.600. The Kier molecular flexibility index (Phi) is 4.33. The fourth-order valence-corrected chi connectivity index (χ4v) is 5.40. The van der Waals surface area contributed by atoms with Crippen LogP contribution in [0.4, 0.5) is 0 Å². The molecule has 2 saturated carbocycles. The van der Waals surface area contributed by atoms with Gasteiger partial charge in [-0.25, -0.2) is 0 Å². The van der Waals surface area contributed by atoms with Gasteiger partial charge in [0.2, 0.25) is 0 Å². The van der Waals surface area contributed by atoms with Gasteiger partial charge in [-0.2, -0.15) is 10.2 Å². The van der Waals surface area contributed by atoms with E-state index in [1.165, 1.54) is 30.3 Å². The molecule has 0 aromatic carbocycles. The van der Waals surface area contributed by atoms with Gasteiger partial charge >= 0.3 is 0 Å². The van der Waals surface area contributed by atoms with Crippen LogP contribution in [-0.2, 0) is 11.3 Å². The molecular weight excluding hydrogens is 358 g/mol. The second-order valence-corrected chi connectivity index (χ2v) is 9.57. The van der Waals surface area contributed by atoms with E-state index in [4.69, 9.17) is 0 Å². The van der Waals surface area contributed by atoms with Crippen molar-refractivity contribution in [2.45, 2.75) is 60.4 Å². The third kappa shape index (κ3) is 2.87. The van der Waals surface area contributed by atoms with Crippen molar-refractivity contribution in [3.63, 3.8) is 0 Å². The molecule has 2 bridgehead atoms. The number of carbonyl (C=O) groups is 1. The van der Waals surface area contributed by atoms with E-state index in [1.807, 2.05) is 30.8 Å². The maximum Gasteiger partial charge on any atom is 0.264 e. The molecule has 27 heavy (non-hydrogen) atoms. The van der Waals surface area contributed by atoms with Crippen molar-refractivity contribution in [1.29, 1.82) is 0 Å². The minimum absolute atomic E-state index is 0.123. The summed E-state index contributed by atoms with van der Waals surface area (Å²) >= 11 is 1.35. The van der Waals surface area contributed by atoms with Crippen molar-refractivity contribution in [2.75, 3.05) is 0 Å². The Labute approximate surface area is 164 Å². The molecule has 3 aliphatic rings. The molecule has 1 aromatic rings. The molecule has 7 heteroatoms. The molecular formula is C20H27N5OS. The summed E-state index contributed by atoms with van der Waals surface area (Å²) in [6, 6.07) is 0. The van der Waals surface area contributed by atoms with Crippen LogP contribution in [0.3, 0.4) is 0 Å². The topological polar surface area (TPSA) is 71.6 Å². The Hall–Kier alpha value is -1.89. The Bertz CT molecular complexity index is 894. The first-order valence-electron chi connectivity index (χ1n) is 9.64. The second-order valence-electron chi connectivity index (χ2n) is 8.54. The van der Waals surface area contributed by atoms with Gasteiger partial charge in [0.15, 0.2) is 5.17 Å². The highest BCUT2D eigenvalue weighted by molar-refractivity contribution is 8.18. The van der Waals surface area contributed by atoms with Crippen LogP contribution >= 0.6 is 11.8 Å². The minimum atomic E-state index is -0.123. The Morgan fingerprint density at radius 2 is 2.19 bits per heavy atom. The number of amidine groups is 1. The van der Waals surface area contributed by atoms with E-state index in [-0.39, 0.29) is 16.7 Å². The van der Waals surface area contributed by atoms with Gasteiger partial charge in [0.1, 0.15) is 0 Å². The quantitative estimate of drug-likeness (QED) is 0.632. The van der Waals surface area contributed by atoms with E-state index < -0.39 is 0 Å². The minimum Gasteiger partial charge on any atom is -0.299 e. The first-order chi connectivity index (χ1) is 12.7. The number of hydrogen-bond acceptors (Lipinski definition) is 5. The molecule has 2 heterocycles. The SMILES string of the molecule is CCn1cc(/C=C2/S/C(=N\N=C3\C[C@H]4CC[C@]3(C)C4(C)C)NC2=O)c(C)n1. The van der Waals surface area contributed by atoms with Gasteiger partial charge in [0.05, 0.1) is 10.6 Å². The van der Waals surface area contributed by atoms with E-state index >= 15 is 0 Å². The molecule has 0 unspecified atom stereocenters. The van der Waals surface area contributed by atoms with Gasteiger partial charge in [0.25, 0.3) is 5.91 Å². The van der Waals surface area contributed by atoms with Gasteiger partial charge in [-0.15, -0.1) is 5.10 Å². The zero-order valence-electron chi connectivity index (χ0n) is 16.7. The Morgan fingerprint density at radius 3 is 2.78 bits per heavy atom. The predicted molar refractivity (Wildman–Crippen MR) is 110 cm³/mol.